The van der Waals surface area contributed by atoms with Crippen LogP contribution in [0.15, 0.2) is 35.0 Å². The topological polar surface area (TPSA) is 0 Å². The molecule has 0 nitrogen and oxygen atoms in total. The molecule has 4 heterocycles. The Bertz CT molecular complexity index is 1180. The molecule has 0 unspecified atom stereocenters. The second-order valence-electron chi connectivity index (χ2n) is 8.79. The molecule has 0 saturated heterocycles. The Labute approximate surface area is 218 Å². The molecule has 0 atom stereocenters. The molecule has 6 heteroatoms. The zero-order valence-corrected chi connectivity index (χ0v) is 23.2. The van der Waals surface area contributed by atoms with E-state index < -0.39 is 0 Å². The lowest BCUT2D eigenvalue weighted by molar-refractivity contribution is 0.633. The van der Waals surface area contributed by atoms with E-state index >= 15 is 4.39 Å². The minimum atomic E-state index is -0.249. The maximum atomic E-state index is 15.0. The third-order valence-corrected chi connectivity index (χ3v) is 10.8. The van der Waals surface area contributed by atoms with Gasteiger partial charge in [-0.1, -0.05) is 52.4 Å². The molecule has 4 aromatic rings. The highest BCUT2D eigenvalue weighted by atomic mass is 32.1. The van der Waals surface area contributed by atoms with Crippen molar-refractivity contribution >= 4 is 45.3 Å². The fourth-order valence-electron chi connectivity index (χ4n) is 4.17. The predicted molar refractivity (Wildman–Crippen MR) is 150 cm³/mol. The van der Waals surface area contributed by atoms with Crippen LogP contribution in [0.5, 0.6) is 0 Å². The number of unbranched alkanes of at least 4 members (excludes halogenated alkanes) is 6. The van der Waals surface area contributed by atoms with E-state index in [-0.39, 0.29) is 11.6 Å². The number of hydrogen-bond acceptors (Lipinski definition) is 4. The van der Waals surface area contributed by atoms with Crippen molar-refractivity contribution in [3.8, 4) is 29.3 Å². The maximum Gasteiger partial charge on any atom is 0.143 e. The Kier molecular flexibility index (Phi) is 9.52. The standard InChI is InChI=1S/C28H32F2S4/c1-3-5-7-9-11-19-15-23(32-18-19)27-21(29)17-25(34-27)28-22(30)16-24(33-28)26-20(13-14-31-26)12-10-8-6-4-2/h13-18H,3-12H2,1-2H3. The number of hydrogen-bond donors (Lipinski definition) is 0. The second-order valence-corrected chi connectivity index (χ2v) is 12.7. The highest BCUT2D eigenvalue weighted by Crippen LogP contribution is 2.46. The van der Waals surface area contributed by atoms with E-state index in [9.17, 15) is 4.39 Å². The molecule has 0 aliphatic carbocycles. The molecule has 4 rings (SSSR count). The average molecular weight is 535 g/mol. The van der Waals surface area contributed by atoms with Gasteiger partial charge in [0, 0.05) is 14.6 Å². The van der Waals surface area contributed by atoms with Gasteiger partial charge in [-0.15, -0.1) is 45.3 Å². The van der Waals surface area contributed by atoms with Crippen LogP contribution in [0.1, 0.15) is 76.3 Å². The first-order valence-electron chi connectivity index (χ1n) is 12.3. The van der Waals surface area contributed by atoms with Crippen LogP contribution < -0.4 is 0 Å². The first kappa shape index (κ1) is 25.7. The molecule has 0 fully saturated rings. The van der Waals surface area contributed by atoms with Gasteiger partial charge < -0.3 is 0 Å². The van der Waals surface area contributed by atoms with E-state index in [0.29, 0.717) is 14.6 Å². The van der Waals surface area contributed by atoms with Gasteiger partial charge in [-0.25, -0.2) is 8.78 Å². The normalized spacial score (nSPS) is 11.5. The largest absolute Gasteiger partial charge is 0.205 e. The summed E-state index contributed by atoms with van der Waals surface area (Å²) in [4.78, 5) is 4.92. The Hall–Kier alpha value is -1.34. The fraction of sp³-hybridized carbons (Fsp3) is 0.429. The van der Waals surface area contributed by atoms with Gasteiger partial charge in [-0.2, -0.15) is 0 Å². The smallest absolute Gasteiger partial charge is 0.143 e. The van der Waals surface area contributed by atoms with Gasteiger partial charge in [-0.05, 0) is 71.8 Å². The van der Waals surface area contributed by atoms with Crippen LogP contribution in [0.2, 0.25) is 0 Å². The van der Waals surface area contributed by atoms with Crippen molar-refractivity contribution in [1.29, 1.82) is 0 Å². The molecule has 4 aromatic heterocycles. The second kappa shape index (κ2) is 12.6. The summed E-state index contributed by atoms with van der Waals surface area (Å²) in [6.07, 6.45) is 11.9. The average Bonchev–Trinajstić information content (AvgIpc) is 3.61. The maximum absolute atomic E-state index is 15.0. The number of halogens is 2. The summed E-state index contributed by atoms with van der Waals surface area (Å²) in [5, 5.41) is 4.24. The molecule has 0 aromatic carbocycles. The van der Waals surface area contributed by atoms with Crippen LogP contribution in [0.4, 0.5) is 8.78 Å². The Morgan fingerprint density at radius 1 is 0.647 bits per heavy atom. The first-order valence-corrected chi connectivity index (χ1v) is 15.7. The Morgan fingerprint density at radius 2 is 1.26 bits per heavy atom. The van der Waals surface area contributed by atoms with Crippen LogP contribution in [0, 0.1) is 11.6 Å². The lowest BCUT2D eigenvalue weighted by Gasteiger charge is -2.02. The van der Waals surface area contributed by atoms with Crippen LogP contribution in [-0.2, 0) is 12.8 Å². The summed E-state index contributed by atoms with van der Waals surface area (Å²) < 4.78 is 29.9. The molecule has 0 N–H and O–H groups in total. The number of rotatable bonds is 13. The first-order chi connectivity index (χ1) is 16.6. The SMILES string of the molecule is CCCCCCc1csc(-c2sc(-c3sc(-c4sccc4CCCCCC)cc3F)cc2F)c1. The molecular weight excluding hydrogens is 503 g/mol. The summed E-state index contributed by atoms with van der Waals surface area (Å²) >= 11 is 6.08. The number of thiophene rings is 4. The van der Waals surface area contributed by atoms with Crippen molar-refractivity contribution in [1.82, 2.24) is 0 Å². The molecule has 0 aliphatic heterocycles. The number of aryl methyl sites for hydroxylation is 2. The minimum absolute atomic E-state index is 0.249. The van der Waals surface area contributed by atoms with Gasteiger partial charge in [0.15, 0.2) is 0 Å². The lowest BCUT2D eigenvalue weighted by atomic mass is 10.1. The van der Waals surface area contributed by atoms with Crippen LogP contribution in [-0.4, -0.2) is 0 Å². The Balaban J connectivity index is 1.50. The summed E-state index contributed by atoms with van der Waals surface area (Å²) in [5.74, 6) is -0.498. The van der Waals surface area contributed by atoms with Gasteiger partial charge in [0.25, 0.3) is 0 Å². The quantitative estimate of drug-likeness (QED) is 0.150. The molecule has 0 saturated carbocycles. The van der Waals surface area contributed by atoms with Gasteiger partial charge in [0.05, 0.1) is 14.6 Å². The molecule has 182 valence electrons. The van der Waals surface area contributed by atoms with Gasteiger partial charge in [0.2, 0.25) is 0 Å². The van der Waals surface area contributed by atoms with Crippen LogP contribution >= 0.6 is 45.3 Å². The van der Waals surface area contributed by atoms with Crippen molar-refractivity contribution in [3.63, 3.8) is 0 Å². The molecule has 0 bridgehead atoms. The highest BCUT2D eigenvalue weighted by Gasteiger charge is 2.20. The molecule has 0 radical (unpaired) electrons. The minimum Gasteiger partial charge on any atom is -0.205 e. The van der Waals surface area contributed by atoms with Gasteiger partial charge >= 0.3 is 0 Å². The zero-order valence-electron chi connectivity index (χ0n) is 19.9. The van der Waals surface area contributed by atoms with E-state index in [1.165, 1.54) is 91.2 Å². The van der Waals surface area contributed by atoms with Crippen molar-refractivity contribution in [3.05, 3.63) is 57.8 Å². The summed E-state index contributed by atoms with van der Waals surface area (Å²) in [6, 6.07) is 7.43. The lowest BCUT2D eigenvalue weighted by Crippen LogP contribution is -1.85. The molecule has 0 spiro atoms. The van der Waals surface area contributed by atoms with Crippen molar-refractivity contribution in [2.24, 2.45) is 0 Å². The van der Waals surface area contributed by atoms with E-state index in [4.69, 9.17) is 0 Å². The van der Waals surface area contributed by atoms with E-state index in [0.717, 1.165) is 27.5 Å². The summed E-state index contributed by atoms with van der Waals surface area (Å²) in [5.41, 5.74) is 2.58. The van der Waals surface area contributed by atoms with Crippen molar-refractivity contribution < 1.29 is 8.78 Å². The predicted octanol–water partition coefficient (Wildman–Crippen LogP) is 11.5. The van der Waals surface area contributed by atoms with E-state index in [1.807, 2.05) is 0 Å². The van der Waals surface area contributed by atoms with Gasteiger partial charge in [-0.3, -0.25) is 0 Å². The summed E-state index contributed by atoms with van der Waals surface area (Å²) in [6.45, 7) is 4.43. The molecular formula is C28H32F2S4. The highest BCUT2D eigenvalue weighted by molar-refractivity contribution is 7.28. The molecule has 34 heavy (non-hydrogen) atoms. The third-order valence-electron chi connectivity index (χ3n) is 6.06. The van der Waals surface area contributed by atoms with Crippen LogP contribution in [0.3, 0.4) is 0 Å². The van der Waals surface area contributed by atoms with Crippen molar-refractivity contribution in [2.45, 2.75) is 78.1 Å². The third kappa shape index (κ3) is 6.26. The molecule has 0 aliphatic rings. The van der Waals surface area contributed by atoms with E-state index in [2.05, 4.69) is 36.7 Å². The zero-order chi connectivity index (χ0) is 23.9. The fourth-order valence-corrected chi connectivity index (χ4v) is 8.52. The van der Waals surface area contributed by atoms with Crippen LogP contribution in [0.25, 0.3) is 29.3 Å². The van der Waals surface area contributed by atoms with Gasteiger partial charge in [0.1, 0.15) is 11.6 Å². The summed E-state index contributed by atoms with van der Waals surface area (Å²) in [7, 11) is 0. The Morgan fingerprint density at radius 3 is 1.94 bits per heavy atom. The monoisotopic (exact) mass is 534 g/mol. The molecule has 0 amide bonds. The van der Waals surface area contributed by atoms with Crippen molar-refractivity contribution in [2.75, 3.05) is 0 Å². The van der Waals surface area contributed by atoms with E-state index in [1.54, 1.807) is 28.7 Å².